The fourth-order valence-electron chi connectivity index (χ4n) is 3.41. The second-order valence-corrected chi connectivity index (χ2v) is 8.56. The molecule has 0 unspecified atom stereocenters. The Hall–Kier alpha value is -3.00. The summed E-state index contributed by atoms with van der Waals surface area (Å²) in [6.45, 7) is 4.93. The van der Waals surface area contributed by atoms with Crippen molar-refractivity contribution in [3.05, 3.63) is 53.6 Å². The van der Waals surface area contributed by atoms with Crippen molar-refractivity contribution in [1.82, 2.24) is 4.90 Å². The molecule has 156 valence electrons. The van der Waals surface area contributed by atoms with E-state index in [4.69, 9.17) is 4.74 Å². The molecule has 0 saturated carbocycles. The summed E-state index contributed by atoms with van der Waals surface area (Å²) in [4.78, 5) is 33.6. The van der Waals surface area contributed by atoms with Crippen LogP contribution in [0.2, 0.25) is 0 Å². The van der Waals surface area contributed by atoms with Crippen LogP contribution in [-0.4, -0.2) is 47.6 Å². The first-order valence-electron chi connectivity index (χ1n) is 9.73. The van der Waals surface area contributed by atoms with Crippen molar-refractivity contribution in [3.63, 3.8) is 0 Å². The van der Waals surface area contributed by atoms with E-state index in [0.29, 0.717) is 18.5 Å². The molecule has 8 heteroatoms. The highest BCUT2D eigenvalue weighted by molar-refractivity contribution is 8.15. The molecule has 2 aromatic carbocycles. The molecule has 2 aliphatic rings. The monoisotopic (exact) mass is 424 g/mol. The van der Waals surface area contributed by atoms with Gasteiger partial charge in [0.25, 0.3) is 0 Å². The Kier molecular flexibility index (Phi) is 5.67. The van der Waals surface area contributed by atoms with Gasteiger partial charge in [-0.05, 0) is 61.4 Å². The van der Waals surface area contributed by atoms with Crippen molar-refractivity contribution in [3.8, 4) is 5.75 Å². The molecule has 0 radical (unpaired) electrons. The normalized spacial score (nSPS) is 18.2. The Labute approximate surface area is 180 Å². The van der Waals surface area contributed by atoms with Crippen LogP contribution in [0.5, 0.6) is 5.75 Å². The quantitative estimate of drug-likeness (QED) is 0.797. The number of ether oxygens (including phenoxy) is 1. The maximum absolute atomic E-state index is 12.9. The number of aryl methyl sites for hydroxylation is 2. The third-order valence-corrected chi connectivity index (χ3v) is 6.52. The van der Waals surface area contributed by atoms with Crippen LogP contribution in [-0.2, 0) is 9.59 Å². The molecule has 1 N–H and O–H groups in total. The number of nitrogens with zero attached hydrogens (tertiary/aromatic N) is 3. The smallest absolute Gasteiger partial charge is 0.244 e. The number of carbonyl (C=O) groups excluding carboxylic acids is 2. The average Bonchev–Trinajstić information content (AvgIpc) is 3.05. The molecule has 2 aliphatic heterocycles. The lowest BCUT2D eigenvalue weighted by Crippen LogP contribution is -2.46. The van der Waals surface area contributed by atoms with E-state index in [2.05, 4.69) is 10.3 Å². The molecule has 1 atom stereocenters. The number of anilines is 2. The van der Waals surface area contributed by atoms with Gasteiger partial charge < -0.3 is 15.0 Å². The Morgan fingerprint density at radius 1 is 1.20 bits per heavy atom. The maximum atomic E-state index is 12.9. The number of hydrogen-bond donors (Lipinski definition) is 1. The van der Waals surface area contributed by atoms with E-state index in [1.807, 2.05) is 61.2 Å². The van der Waals surface area contributed by atoms with E-state index in [1.165, 1.54) is 17.3 Å². The predicted molar refractivity (Wildman–Crippen MR) is 120 cm³/mol. The molecule has 2 aromatic rings. The third-order valence-electron chi connectivity index (χ3n) is 5.31. The van der Waals surface area contributed by atoms with E-state index in [0.717, 1.165) is 22.7 Å². The van der Waals surface area contributed by atoms with Gasteiger partial charge in [0, 0.05) is 17.8 Å². The van der Waals surface area contributed by atoms with Gasteiger partial charge in [0.15, 0.2) is 5.17 Å². The summed E-state index contributed by atoms with van der Waals surface area (Å²) in [6.07, 6.45) is 0.120. The Bertz CT molecular complexity index is 1010. The van der Waals surface area contributed by atoms with Crippen LogP contribution in [0.3, 0.4) is 0 Å². The Morgan fingerprint density at radius 3 is 2.67 bits per heavy atom. The first-order chi connectivity index (χ1) is 14.4. The minimum Gasteiger partial charge on any atom is -0.497 e. The lowest BCUT2D eigenvalue weighted by molar-refractivity contribution is -0.128. The molecule has 7 nitrogen and oxygen atoms in total. The number of amides is 2. The number of carbonyl (C=O) groups is 2. The topological polar surface area (TPSA) is 74.2 Å². The summed E-state index contributed by atoms with van der Waals surface area (Å²) in [5, 5.41) is 3.13. The molecule has 0 aliphatic carbocycles. The fourth-order valence-corrected chi connectivity index (χ4v) is 4.53. The molecular formula is C22H24N4O3S. The van der Waals surface area contributed by atoms with Gasteiger partial charge in [0.05, 0.1) is 7.11 Å². The number of amidine groups is 1. The predicted octanol–water partition coefficient (Wildman–Crippen LogP) is 3.38. The van der Waals surface area contributed by atoms with Gasteiger partial charge in [-0.1, -0.05) is 17.8 Å². The van der Waals surface area contributed by atoms with Crippen LogP contribution < -0.4 is 15.0 Å². The van der Waals surface area contributed by atoms with Gasteiger partial charge in [0.2, 0.25) is 11.8 Å². The van der Waals surface area contributed by atoms with Crippen molar-refractivity contribution in [2.45, 2.75) is 25.5 Å². The highest BCUT2D eigenvalue weighted by Crippen LogP contribution is 2.33. The van der Waals surface area contributed by atoms with Crippen LogP contribution in [0, 0.1) is 13.8 Å². The third kappa shape index (κ3) is 4.14. The number of methoxy groups -OCH3 is 1. The van der Waals surface area contributed by atoms with Crippen molar-refractivity contribution >= 4 is 40.1 Å². The van der Waals surface area contributed by atoms with Crippen molar-refractivity contribution in [1.29, 1.82) is 0 Å². The van der Waals surface area contributed by atoms with Crippen LogP contribution in [0.4, 0.5) is 11.4 Å². The number of thioether (sulfide) groups is 1. The number of benzene rings is 2. The molecule has 0 aromatic heterocycles. The SMILES string of the molecule is COc1ccc(N2CN=C3S[C@H](CC(=O)Nc4ccc(C)c(C)c4)C(=O)N3C2)cc1. The lowest BCUT2D eigenvalue weighted by atomic mass is 10.1. The van der Waals surface area contributed by atoms with E-state index in [9.17, 15) is 9.59 Å². The van der Waals surface area contributed by atoms with Crippen molar-refractivity contribution in [2.24, 2.45) is 4.99 Å². The first kappa shape index (κ1) is 20.3. The van der Waals surface area contributed by atoms with Gasteiger partial charge in [0.1, 0.15) is 24.3 Å². The standard InChI is InChI=1S/C22H24N4O3S/c1-14-4-5-16(10-15(14)2)24-20(27)11-19-21(28)26-13-25(12-23-22(26)30-19)17-6-8-18(29-3)9-7-17/h4-10,19H,11-13H2,1-3H3,(H,24,27)/t19-/m1/s1. The largest absolute Gasteiger partial charge is 0.497 e. The van der Waals surface area contributed by atoms with Crippen molar-refractivity contribution in [2.75, 3.05) is 30.7 Å². The minimum absolute atomic E-state index is 0.0767. The molecule has 1 saturated heterocycles. The van der Waals surface area contributed by atoms with Gasteiger partial charge in [-0.3, -0.25) is 14.5 Å². The molecule has 1 fully saturated rings. The van der Waals surface area contributed by atoms with E-state index in [-0.39, 0.29) is 18.2 Å². The highest BCUT2D eigenvalue weighted by atomic mass is 32.2. The van der Waals surface area contributed by atoms with Crippen molar-refractivity contribution < 1.29 is 14.3 Å². The number of hydrogen-bond acceptors (Lipinski definition) is 6. The maximum Gasteiger partial charge on any atom is 0.244 e. The molecule has 4 rings (SSSR count). The lowest BCUT2D eigenvalue weighted by Gasteiger charge is -2.32. The van der Waals surface area contributed by atoms with Gasteiger partial charge in [-0.15, -0.1) is 0 Å². The fraction of sp³-hybridized carbons (Fsp3) is 0.318. The van der Waals surface area contributed by atoms with Crippen LogP contribution in [0.25, 0.3) is 0 Å². The zero-order chi connectivity index (χ0) is 21.3. The first-order valence-corrected chi connectivity index (χ1v) is 10.6. The zero-order valence-electron chi connectivity index (χ0n) is 17.2. The summed E-state index contributed by atoms with van der Waals surface area (Å²) in [5.41, 5.74) is 4.00. The summed E-state index contributed by atoms with van der Waals surface area (Å²) >= 11 is 1.37. The highest BCUT2D eigenvalue weighted by Gasteiger charge is 2.41. The Morgan fingerprint density at radius 2 is 1.97 bits per heavy atom. The van der Waals surface area contributed by atoms with Crippen LogP contribution >= 0.6 is 11.8 Å². The number of nitrogens with one attached hydrogen (secondary N) is 1. The molecular weight excluding hydrogens is 400 g/mol. The number of aliphatic imine (C=N–C) groups is 1. The van der Waals surface area contributed by atoms with Crippen LogP contribution in [0.15, 0.2) is 47.5 Å². The second-order valence-electron chi connectivity index (χ2n) is 7.39. The molecule has 2 amide bonds. The van der Waals surface area contributed by atoms with E-state index < -0.39 is 5.25 Å². The summed E-state index contributed by atoms with van der Waals surface area (Å²) in [6, 6.07) is 13.5. The van der Waals surface area contributed by atoms with E-state index in [1.54, 1.807) is 12.0 Å². The number of rotatable bonds is 5. The summed E-state index contributed by atoms with van der Waals surface area (Å²) < 4.78 is 5.20. The van der Waals surface area contributed by atoms with E-state index >= 15 is 0 Å². The number of fused-ring (bicyclic) bond motifs is 1. The second kappa shape index (κ2) is 8.39. The molecule has 2 heterocycles. The van der Waals surface area contributed by atoms with Gasteiger partial charge in [-0.25, -0.2) is 4.99 Å². The van der Waals surface area contributed by atoms with Gasteiger partial charge >= 0.3 is 0 Å². The average molecular weight is 425 g/mol. The Balaban J connectivity index is 1.38. The van der Waals surface area contributed by atoms with Crippen LogP contribution in [0.1, 0.15) is 17.5 Å². The molecule has 0 bridgehead atoms. The summed E-state index contributed by atoms with van der Waals surface area (Å²) in [7, 11) is 1.63. The molecule has 0 spiro atoms. The molecule has 30 heavy (non-hydrogen) atoms. The summed E-state index contributed by atoms with van der Waals surface area (Å²) in [5.74, 6) is 0.534. The minimum atomic E-state index is -0.453. The van der Waals surface area contributed by atoms with Gasteiger partial charge in [-0.2, -0.15) is 0 Å². The zero-order valence-corrected chi connectivity index (χ0v) is 18.0.